The van der Waals surface area contributed by atoms with Crippen molar-refractivity contribution in [3.05, 3.63) is 65.7 Å². The van der Waals surface area contributed by atoms with E-state index in [4.69, 9.17) is 4.74 Å². The van der Waals surface area contributed by atoms with E-state index in [0.29, 0.717) is 5.41 Å². The van der Waals surface area contributed by atoms with Gasteiger partial charge in [0.1, 0.15) is 5.75 Å². The number of benzene rings is 2. The molecule has 0 aliphatic carbocycles. The molecule has 1 spiro atoms. The molecule has 4 nitrogen and oxygen atoms in total. The summed E-state index contributed by atoms with van der Waals surface area (Å²) in [5, 5.41) is 3.48. The van der Waals surface area contributed by atoms with Crippen molar-refractivity contribution < 1.29 is 9.53 Å². The van der Waals surface area contributed by atoms with E-state index in [1.807, 2.05) is 48.2 Å². The average Bonchev–Trinajstić information content (AvgIpc) is 3.18. The van der Waals surface area contributed by atoms with Crippen LogP contribution in [0.1, 0.15) is 37.3 Å². The Labute approximate surface area is 180 Å². The molecule has 0 aromatic heterocycles. The Kier molecular flexibility index (Phi) is 7.20. The van der Waals surface area contributed by atoms with Gasteiger partial charge in [0.2, 0.25) is 0 Å². The Morgan fingerprint density at radius 3 is 2.45 bits per heavy atom. The van der Waals surface area contributed by atoms with Crippen LogP contribution in [0.25, 0.3) is 0 Å². The number of carbonyl (C=O) groups is 1. The summed E-state index contributed by atoms with van der Waals surface area (Å²) in [6.45, 7) is 5.79. The van der Waals surface area contributed by atoms with Crippen molar-refractivity contribution in [2.45, 2.75) is 38.7 Å². The van der Waals surface area contributed by atoms with Gasteiger partial charge in [0, 0.05) is 26.1 Å². The standard InChI is InChI=1S/C24H30N2O2.ClH/c1-19(23(27)26-15-12-24(13-16-26)11-14-25-18-24)28-22-10-6-5-9-21(22)17-20-7-3-2-4-8-20;/h2-10,19,25H,11-18H2,1H3;1H. The lowest BCUT2D eigenvalue weighted by Crippen LogP contribution is -2.48. The number of carbonyl (C=O) groups excluding carboxylic acids is 1. The fraction of sp³-hybridized carbons (Fsp3) is 0.458. The minimum atomic E-state index is -0.465. The first-order valence-corrected chi connectivity index (χ1v) is 10.4. The van der Waals surface area contributed by atoms with Gasteiger partial charge in [-0.05, 0) is 55.3 Å². The summed E-state index contributed by atoms with van der Waals surface area (Å²) in [7, 11) is 0. The minimum absolute atomic E-state index is 0. The normalized spacial score (nSPS) is 18.9. The van der Waals surface area contributed by atoms with Gasteiger partial charge >= 0.3 is 0 Å². The fourth-order valence-electron chi connectivity index (χ4n) is 4.50. The maximum atomic E-state index is 13.0. The monoisotopic (exact) mass is 414 g/mol. The number of nitrogens with one attached hydrogen (secondary N) is 1. The SMILES string of the molecule is CC(Oc1ccccc1Cc1ccccc1)C(=O)N1CCC2(CCNC2)CC1.Cl. The number of piperidine rings is 1. The van der Waals surface area contributed by atoms with Gasteiger partial charge in [-0.25, -0.2) is 0 Å². The van der Waals surface area contributed by atoms with E-state index in [9.17, 15) is 4.79 Å². The van der Waals surface area contributed by atoms with Crippen LogP contribution < -0.4 is 10.1 Å². The second kappa shape index (κ2) is 9.64. The number of hydrogen-bond acceptors (Lipinski definition) is 3. The highest BCUT2D eigenvalue weighted by atomic mass is 35.5. The van der Waals surface area contributed by atoms with Gasteiger partial charge in [0.15, 0.2) is 6.10 Å². The summed E-state index contributed by atoms with van der Waals surface area (Å²) in [4.78, 5) is 15.0. The highest BCUT2D eigenvalue weighted by molar-refractivity contribution is 5.85. The van der Waals surface area contributed by atoms with E-state index in [2.05, 4.69) is 23.5 Å². The van der Waals surface area contributed by atoms with E-state index in [1.165, 1.54) is 12.0 Å². The Balaban J connectivity index is 0.00000240. The predicted octanol–water partition coefficient (Wildman–Crippen LogP) is 4.07. The number of likely N-dealkylation sites (tertiary alicyclic amines) is 1. The Morgan fingerprint density at radius 1 is 1.07 bits per heavy atom. The Hall–Kier alpha value is -2.04. The highest BCUT2D eigenvalue weighted by Gasteiger charge is 2.38. The summed E-state index contributed by atoms with van der Waals surface area (Å²) in [5.74, 6) is 0.913. The number of amides is 1. The molecule has 2 aliphatic heterocycles. The molecule has 2 aromatic rings. The summed E-state index contributed by atoms with van der Waals surface area (Å²) < 4.78 is 6.15. The first kappa shape index (κ1) is 21.7. The van der Waals surface area contributed by atoms with E-state index >= 15 is 0 Å². The second-order valence-electron chi connectivity index (χ2n) is 8.28. The molecule has 1 N–H and O–H groups in total. The molecule has 1 atom stereocenters. The van der Waals surface area contributed by atoms with Crippen LogP contribution in [0.2, 0.25) is 0 Å². The van der Waals surface area contributed by atoms with E-state index in [1.54, 1.807) is 0 Å². The molecule has 0 bridgehead atoms. The summed E-state index contributed by atoms with van der Waals surface area (Å²) in [6, 6.07) is 18.4. The van der Waals surface area contributed by atoms with Crippen LogP contribution in [0.4, 0.5) is 0 Å². The third kappa shape index (κ3) is 5.12. The van der Waals surface area contributed by atoms with Gasteiger partial charge in [-0.3, -0.25) is 4.79 Å². The molecule has 4 rings (SSSR count). The van der Waals surface area contributed by atoms with Crippen molar-refractivity contribution in [1.82, 2.24) is 10.2 Å². The maximum Gasteiger partial charge on any atom is 0.263 e. The zero-order chi connectivity index (χ0) is 19.4. The number of hydrogen-bond donors (Lipinski definition) is 1. The van der Waals surface area contributed by atoms with Crippen molar-refractivity contribution in [3.63, 3.8) is 0 Å². The molecule has 2 saturated heterocycles. The van der Waals surface area contributed by atoms with Crippen molar-refractivity contribution in [2.24, 2.45) is 5.41 Å². The second-order valence-corrected chi connectivity index (χ2v) is 8.28. The molecule has 2 aliphatic rings. The van der Waals surface area contributed by atoms with Gasteiger partial charge in [0.05, 0.1) is 0 Å². The van der Waals surface area contributed by atoms with Crippen LogP contribution in [-0.2, 0) is 11.2 Å². The minimum Gasteiger partial charge on any atom is -0.481 e. The van der Waals surface area contributed by atoms with Crippen LogP contribution in [0.5, 0.6) is 5.75 Å². The van der Waals surface area contributed by atoms with Crippen molar-refractivity contribution in [2.75, 3.05) is 26.2 Å². The number of rotatable bonds is 5. The molecule has 156 valence electrons. The molecule has 0 radical (unpaired) electrons. The zero-order valence-electron chi connectivity index (χ0n) is 17.1. The molecule has 2 fully saturated rings. The van der Waals surface area contributed by atoms with Gasteiger partial charge in [0.25, 0.3) is 5.91 Å². The molecule has 2 heterocycles. The fourth-order valence-corrected chi connectivity index (χ4v) is 4.50. The molecular formula is C24H31ClN2O2. The summed E-state index contributed by atoms with van der Waals surface area (Å²) in [6.07, 6.45) is 3.78. The lowest BCUT2D eigenvalue weighted by molar-refractivity contribution is -0.140. The first-order chi connectivity index (χ1) is 13.7. The van der Waals surface area contributed by atoms with Crippen LogP contribution in [-0.4, -0.2) is 43.1 Å². The summed E-state index contributed by atoms with van der Waals surface area (Å²) in [5.41, 5.74) is 2.77. The molecule has 2 aromatic carbocycles. The molecule has 0 saturated carbocycles. The summed E-state index contributed by atoms with van der Waals surface area (Å²) >= 11 is 0. The Morgan fingerprint density at radius 2 is 1.76 bits per heavy atom. The third-order valence-corrected chi connectivity index (χ3v) is 6.33. The number of para-hydroxylation sites is 1. The molecule has 29 heavy (non-hydrogen) atoms. The number of nitrogens with zero attached hydrogens (tertiary/aromatic N) is 1. The quantitative estimate of drug-likeness (QED) is 0.801. The van der Waals surface area contributed by atoms with Crippen LogP contribution in [0.15, 0.2) is 54.6 Å². The first-order valence-electron chi connectivity index (χ1n) is 10.4. The lowest BCUT2D eigenvalue weighted by atomic mass is 9.78. The molecule has 5 heteroatoms. The number of halogens is 1. The number of ether oxygens (including phenoxy) is 1. The smallest absolute Gasteiger partial charge is 0.263 e. The van der Waals surface area contributed by atoms with Crippen molar-refractivity contribution in [1.29, 1.82) is 0 Å². The van der Waals surface area contributed by atoms with E-state index in [0.717, 1.165) is 56.8 Å². The lowest BCUT2D eigenvalue weighted by Gasteiger charge is -2.39. The van der Waals surface area contributed by atoms with Crippen LogP contribution in [0, 0.1) is 5.41 Å². The molecular weight excluding hydrogens is 384 g/mol. The van der Waals surface area contributed by atoms with E-state index < -0.39 is 6.10 Å². The third-order valence-electron chi connectivity index (χ3n) is 6.33. The predicted molar refractivity (Wildman–Crippen MR) is 119 cm³/mol. The average molecular weight is 415 g/mol. The van der Waals surface area contributed by atoms with Gasteiger partial charge in [-0.1, -0.05) is 48.5 Å². The van der Waals surface area contributed by atoms with Crippen LogP contribution >= 0.6 is 12.4 Å². The largest absolute Gasteiger partial charge is 0.481 e. The van der Waals surface area contributed by atoms with Gasteiger partial charge in [-0.15, -0.1) is 12.4 Å². The topological polar surface area (TPSA) is 41.6 Å². The zero-order valence-corrected chi connectivity index (χ0v) is 17.9. The van der Waals surface area contributed by atoms with Crippen molar-refractivity contribution in [3.8, 4) is 5.75 Å². The van der Waals surface area contributed by atoms with E-state index in [-0.39, 0.29) is 18.3 Å². The molecule has 1 amide bonds. The van der Waals surface area contributed by atoms with Crippen molar-refractivity contribution >= 4 is 18.3 Å². The maximum absolute atomic E-state index is 13.0. The van der Waals surface area contributed by atoms with Crippen LogP contribution in [0.3, 0.4) is 0 Å². The molecule has 1 unspecified atom stereocenters. The highest BCUT2D eigenvalue weighted by Crippen LogP contribution is 2.37. The van der Waals surface area contributed by atoms with Gasteiger partial charge < -0.3 is 15.0 Å². The van der Waals surface area contributed by atoms with Gasteiger partial charge in [-0.2, -0.15) is 0 Å². The Bertz CT molecular complexity index is 796.